The van der Waals surface area contributed by atoms with Crippen LogP contribution in [0.2, 0.25) is 0 Å². The predicted molar refractivity (Wildman–Crippen MR) is 38.4 cm³/mol. The molecular formula is C2H14N2O6S. The molecule has 0 rings (SSSR count). The van der Waals surface area contributed by atoms with E-state index in [0.717, 1.165) is 0 Å². The van der Waals surface area contributed by atoms with E-state index in [-0.39, 0.29) is 25.5 Å². The molecule has 0 fully saturated rings. The lowest BCUT2D eigenvalue weighted by atomic mass is 10.8. The minimum Gasteiger partial charge on any atom is -0.394 e. The van der Waals surface area contributed by atoms with Gasteiger partial charge in [0.25, 0.3) is 0 Å². The van der Waals surface area contributed by atoms with Crippen molar-refractivity contribution < 1.29 is 27.7 Å². The molecule has 11 heavy (non-hydrogen) atoms. The van der Waals surface area contributed by atoms with Gasteiger partial charge in [-0.25, -0.2) is 0 Å². The molecule has 0 aliphatic rings. The zero-order valence-electron chi connectivity index (χ0n) is 5.84. The molecule has 0 bridgehead atoms. The highest BCUT2D eigenvalue weighted by atomic mass is 32.3. The molecule has 0 aliphatic heterocycles. The Kier molecular flexibility index (Phi) is 25.3. The summed E-state index contributed by atoms with van der Waals surface area (Å²) in [7, 11) is -4.67. The summed E-state index contributed by atoms with van der Waals surface area (Å²) in [6.07, 6.45) is 0. The lowest BCUT2D eigenvalue weighted by Gasteiger charge is -1.70. The molecule has 10 N–H and O–H groups in total. The fourth-order valence-electron chi connectivity index (χ4n) is 0. The van der Waals surface area contributed by atoms with E-state index in [2.05, 4.69) is 0 Å². The number of aliphatic hydroxyl groups is 2. The first-order chi connectivity index (χ1) is 3.91. The molecule has 0 radical (unpaired) electrons. The summed E-state index contributed by atoms with van der Waals surface area (Å²) in [6, 6.07) is 0. The van der Waals surface area contributed by atoms with Gasteiger partial charge in [0.05, 0.1) is 13.2 Å². The molecular weight excluding hydrogens is 180 g/mol. The van der Waals surface area contributed by atoms with Crippen molar-refractivity contribution in [2.24, 2.45) is 0 Å². The largest absolute Gasteiger partial charge is 0.394 e. The zero-order chi connectivity index (χ0) is 7.91. The molecule has 0 aromatic rings. The van der Waals surface area contributed by atoms with Crippen LogP contribution in [-0.2, 0) is 10.4 Å². The summed E-state index contributed by atoms with van der Waals surface area (Å²) >= 11 is 0. The maximum Gasteiger partial charge on any atom is 0.394 e. The van der Waals surface area contributed by atoms with Gasteiger partial charge in [0.15, 0.2) is 0 Å². The third-order valence-electron chi connectivity index (χ3n) is 0.1000. The maximum atomic E-state index is 8.74. The Balaban J connectivity index is -0.0000000383. The fraction of sp³-hybridized carbons (Fsp3) is 1.00. The Morgan fingerprint density at radius 2 is 1.00 bits per heavy atom. The summed E-state index contributed by atoms with van der Waals surface area (Å²) in [5, 5.41) is 15.2. The first-order valence-electron chi connectivity index (χ1n) is 1.83. The molecule has 9 heteroatoms. The SMILES string of the molecule is N.N.O=S(=O)(O)O.OCCO. The molecule has 0 atom stereocenters. The van der Waals surface area contributed by atoms with E-state index >= 15 is 0 Å². The van der Waals surface area contributed by atoms with Gasteiger partial charge in [-0.15, -0.1) is 0 Å². The second kappa shape index (κ2) is 12.4. The maximum absolute atomic E-state index is 8.74. The lowest BCUT2D eigenvalue weighted by molar-refractivity contribution is 0.186. The van der Waals surface area contributed by atoms with Gasteiger partial charge < -0.3 is 22.5 Å². The molecule has 0 aromatic carbocycles. The summed E-state index contributed by atoms with van der Waals surface area (Å²) in [4.78, 5) is 0. The van der Waals surface area contributed by atoms with Gasteiger partial charge in [0.2, 0.25) is 0 Å². The zero-order valence-corrected chi connectivity index (χ0v) is 6.66. The minimum atomic E-state index is -4.67. The van der Waals surface area contributed by atoms with Crippen LogP contribution in [0.1, 0.15) is 0 Å². The van der Waals surface area contributed by atoms with Gasteiger partial charge >= 0.3 is 10.4 Å². The number of rotatable bonds is 1. The second-order valence-electron chi connectivity index (χ2n) is 0.895. The van der Waals surface area contributed by atoms with Crippen molar-refractivity contribution in [1.82, 2.24) is 12.3 Å². The number of aliphatic hydroxyl groups excluding tert-OH is 2. The van der Waals surface area contributed by atoms with Crippen molar-refractivity contribution in [3.05, 3.63) is 0 Å². The van der Waals surface area contributed by atoms with E-state index in [1.54, 1.807) is 0 Å². The lowest BCUT2D eigenvalue weighted by Crippen LogP contribution is -1.89. The van der Waals surface area contributed by atoms with Crippen LogP contribution < -0.4 is 12.3 Å². The average Bonchev–Trinajstić information content (AvgIpc) is 1.61. The Labute approximate surface area is 64.6 Å². The van der Waals surface area contributed by atoms with Crippen molar-refractivity contribution in [3.8, 4) is 0 Å². The first kappa shape index (κ1) is 22.4. The average molecular weight is 194 g/mol. The van der Waals surface area contributed by atoms with Gasteiger partial charge in [-0.05, 0) is 0 Å². The Morgan fingerprint density at radius 1 is 0.909 bits per heavy atom. The summed E-state index contributed by atoms with van der Waals surface area (Å²) in [5.74, 6) is 0. The highest BCUT2D eigenvalue weighted by molar-refractivity contribution is 7.79. The van der Waals surface area contributed by atoms with E-state index in [1.807, 2.05) is 0 Å². The molecule has 0 amide bonds. The number of hydrogen-bond donors (Lipinski definition) is 6. The van der Waals surface area contributed by atoms with Gasteiger partial charge in [0, 0.05) is 0 Å². The molecule has 0 heterocycles. The standard InChI is InChI=1S/C2H6O2.2H3N.H2O4S/c3-1-2-4;;;1-5(2,3)4/h3-4H,1-2H2;2*1H3;(H2,1,2,3,4). The third-order valence-corrected chi connectivity index (χ3v) is 0.1000. The van der Waals surface area contributed by atoms with E-state index in [0.29, 0.717) is 0 Å². The Hall–Kier alpha value is -0.290. The molecule has 0 saturated heterocycles. The van der Waals surface area contributed by atoms with E-state index in [9.17, 15) is 0 Å². The number of hydrogen-bond acceptors (Lipinski definition) is 6. The van der Waals surface area contributed by atoms with Gasteiger partial charge in [-0.3, -0.25) is 9.11 Å². The van der Waals surface area contributed by atoms with Gasteiger partial charge in [0.1, 0.15) is 0 Å². The Morgan fingerprint density at radius 3 is 1.00 bits per heavy atom. The molecule has 0 unspecified atom stereocenters. The van der Waals surface area contributed by atoms with Crippen LogP contribution >= 0.6 is 0 Å². The van der Waals surface area contributed by atoms with Crippen LogP contribution in [0.5, 0.6) is 0 Å². The Bertz CT molecular complexity index is 122. The van der Waals surface area contributed by atoms with Crippen LogP contribution in [0, 0.1) is 0 Å². The highest BCUT2D eigenvalue weighted by Gasteiger charge is 1.84. The van der Waals surface area contributed by atoms with Crippen LogP contribution in [0.25, 0.3) is 0 Å². The van der Waals surface area contributed by atoms with Crippen LogP contribution in [0.4, 0.5) is 0 Å². The van der Waals surface area contributed by atoms with E-state index in [1.165, 1.54) is 0 Å². The van der Waals surface area contributed by atoms with Crippen molar-refractivity contribution in [1.29, 1.82) is 0 Å². The van der Waals surface area contributed by atoms with Crippen molar-refractivity contribution in [2.45, 2.75) is 0 Å². The van der Waals surface area contributed by atoms with Crippen molar-refractivity contribution in [3.63, 3.8) is 0 Å². The molecule has 0 spiro atoms. The molecule has 74 valence electrons. The summed E-state index contributed by atoms with van der Waals surface area (Å²) in [6.45, 7) is -0.250. The van der Waals surface area contributed by atoms with Gasteiger partial charge in [-0.1, -0.05) is 0 Å². The third kappa shape index (κ3) is 1150. The molecule has 0 saturated carbocycles. The van der Waals surface area contributed by atoms with Crippen molar-refractivity contribution >= 4 is 10.4 Å². The summed E-state index contributed by atoms with van der Waals surface area (Å²) in [5.41, 5.74) is 0. The van der Waals surface area contributed by atoms with E-state index in [4.69, 9.17) is 27.7 Å². The monoisotopic (exact) mass is 194 g/mol. The van der Waals surface area contributed by atoms with Crippen LogP contribution in [0.3, 0.4) is 0 Å². The topological polar surface area (TPSA) is 185 Å². The molecule has 0 aliphatic carbocycles. The summed E-state index contributed by atoms with van der Waals surface area (Å²) < 4.78 is 31.6. The predicted octanol–water partition coefficient (Wildman–Crippen LogP) is -1.36. The fourth-order valence-corrected chi connectivity index (χ4v) is 0. The quantitative estimate of drug-likeness (QED) is 0.276. The first-order valence-corrected chi connectivity index (χ1v) is 3.23. The smallest absolute Gasteiger partial charge is 0.394 e. The van der Waals surface area contributed by atoms with Crippen LogP contribution in [-0.4, -0.2) is 41.0 Å². The molecule has 8 nitrogen and oxygen atoms in total. The van der Waals surface area contributed by atoms with E-state index < -0.39 is 10.4 Å². The van der Waals surface area contributed by atoms with Crippen LogP contribution in [0.15, 0.2) is 0 Å². The normalized spacial score (nSPS) is 8.00. The highest BCUT2D eigenvalue weighted by Crippen LogP contribution is 1.59. The van der Waals surface area contributed by atoms with Crippen molar-refractivity contribution in [2.75, 3.05) is 13.2 Å². The molecule has 0 aromatic heterocycles. The second-order valence-corrected chi connectivity index (χ2v) is 1.79. The minimum absolute atomic E-state index is 0. The van der Waals surface area contributed by atoms with Gasteiger partial charge in [-0.2, -0.15) is 8.42 Å².